The van der Waals surface area contributed by atoms with Crippen LogP contribution in [0.3, 0.4) is 0 Å². The van der Waals surface area contributed by atoms with Crippen molar-refractivity contribution in [2.75, 3.05) is 0 Å². The Labute approximate surface area is 162 Å². The van der Waals surface area contributed by atoms with E-state index in [1.807, 2.05) is 30.3 Å². The van der Waals surface area contributed by atoms with Gasteiger partial charge in [-0.05, 0) is 42.9 Å². The van der Waals surface area contributed by atoms with Gasteiger partial charge < -0.3 is 5.32 Å². The van der Waals surface area contributed by atoms with Crippen molar-refractivity contribution < 1.29 is 22.4 Å². The highest BCUT2D eigenvalue weighted by Crippen LogP contribution is 2.34. The summed E-state index contributed by atoms with van der Waals surface area (Å²) >= 11 is 0. The largest absolute Gasteiger partial charge is 0.417 e. The van der Waals surface area contributed by atoms with Crippen molar-refractivity contribution in [1.29, 1.82) is 0 Å². The lowest BCUT2D eigenvalue weighted by molar-refractivity contribution is -0.138. The fourth-order valence-corrected chi connectivity index (χ4v) is 3.97. The summed E-state index contributed by atoms with van der Waals surface area (Å²) in [5.74, 6) is -2.00. The predicted molar refractivity (Wildman–Crippen MR) is 99.4 cm³/mol. The summed E-state index contributed by atoms with van der Waals surface area (Å²) in [5.41, 5.74) is -1.18. The zero-order valence-electron chi connectivity index (χ0n) is 15.4. The maximum Gasteiger partial charge on any atom is 0.417 e. The molecule has 0 saturated heterocycles. The van der Waals surface area contributed by atoms with Gasteiger partial charge in [0.25, 0.3) is 5.91 Å². The second kappa shape index (κ2) is 8.76. The second-order valence-electron chi connectivity index (χ2n) is 7.33. The van der Waals surface area contributed by atoms with E-state index in [0.717, 1.165) is 55.9 Å². The number of nitrogens with one attached hydrogen (secondary N) is 1. The number of hydrogen-bond acceptors (Lipinski definition) is 1. The highest BCUT2D eigenvalue weighted by molar-refractivity contribution is 5.96. The first-order valence-electron chi connectivity index (χ1n) is 9.57. The van der Waals surface area contributed by atoms with Crippen LogP contribution in [0.1, 0.15) is 53.6 Å². The first-order chi connectivity index (χ1) is 13.4. The smallest absolute Gasteiger partial charge is 0.349 e. The fraction of sp³-hybridized carbons (Fsp3) is 0.409. The molecule has 1 fully saturated rings. The normalized spacial score (nSPS) is 16.6. The number of rotatable bonds is 5. The van der Waals surface area contributed by atoms with Crippen molar-refractivity contribution >= 4 is 5.91 Å². The first-order valence-corrected chi connectivity index (χ1v) is 9.57. The lowest BCUT2D eigenvalue weighted by Crippen LogP contribution is -2.43. The van der Waals surface area contributed by atoms with E-state index in [1.165, 1.54) is 0 Å². The molecule has 1 amide bonds. The number of carbonyl (C=O) groups excluding carboxylic acids is 1. The Morgan fingerprint density at radius 1 is 1.00 bits per heavy atom. The third-order valence-corrected chi connectivity index (χ3v) is 5.38. The van der Waals surface area contributed by atoms with E-state index in [2.05, 4.69) is 5.32 Å². The molecule has 28 heavy (non-hydrogen) atoms. The molecular weight excluding hydrogens is 370 g/mol. The predicted octanol–water partition coefficient (Wildman–Crippen LogP) is 5.77. The van der Waals surface area contributed by atoms with Crippen molar-refractivity contribution in [2.45, 2.75) is 50.7 Å². The summed E-state index contributed by atoms with van der Waals surface area (Å²) in [6, 6.07) is 11.8. The minimum Gasteiger partial charge on any atom is -0.349 e. The molecule has 1 aliphatic rings. The molecule has 0 radical (unpaired) electrons. The van der Waals surface area contributed by atoms with Gasteiger partial charge in [0.05, 0.1) is 11.1 Å². The lowest BCUT2D eigenvalue weighted by Gasteiger charge is -2.31. The average Bonchev–Trinajstić information content (AvgIpc) is 2.68. The highest BCUT2D eigenvalue weighted by atomic mass is 19.4. The van der Waals surface area contributed by atoms with Crippen LogP contribution < -0.4 is 5.32 Å². The third-order valence-electron chi connectivity index (χ3n) is 5.38. The summed E-state index contributed by atoms with van der Waals surface area (Å²) in [6.45, 7) is 0. The molecule has 0 aromatic heterocycles. The Bertz CT molecular complexity index is 798. The van der Waals surface area contributed by atoms with E-state index in [-0.39, 0.29) is 12.0 Å². The molecule has 0 aliphatic heterocycles. The molecule has 0 spiro atoms. The second-order valence-corrected chi connectivity index (χ2v) is 7.33. The average molecular weight is 393 g/mol. The van der Waals surface area contributed by atoms with Crippen LogP contribution in [0.2, 0.25) is 0 Å². The topological polar surface area (TPSA) is 29.1 Å². The zero-order valence-corrected chi connectivity index (χ0v) is 15.4. The Kier molecular flexibility index (Phi) is 6.37. The van der Waals surface area contributed by atoms with E-state index in [1.54, 1.807) is 0 Å². The van der Waals surface area contributed by atoms with Gasteiger partial charge in [0.15, 0.2) is 0 Å². The highest BCUT2D eigenvalue weighted by Gasteiger charge is 2.37. The Morgan fingerprint density at radius 2 is 1.68 bits per heavy atom. The van der Waals surface area contributed by atoms with Crippen LogP contribution in [0.15, 0.2) is 48.5 Å². The van der Waals surface area contributed by atoms with Crippen molar-refractivity contribution in [2.24, 2.45) is 5.92 Å². The van der Waals surface area contributed by atoms with Gasteiger partial charge >= 0.3 is 6.18 Å². The van der Waals surface area contributed by atoms with Gasteiger partial charge in [0.1, 0.15) is 5.82 Å². The monoisotopic (exact) mass is 393 g/mol. The van der Waals surface area contributed by atoms with Crippen LogP contribution in [0, 0.1) is 11.7 Å². The molecule has 2 nitrogen and oxygen atoms in total. The molecule has 1 aliphatic carbocycles. The molecule has 2 aromatic carbocycles. The van der Waals surface area contributed by atoms with Crippen LogP contribution >= 0.6 is 0 Å². The van der Waals surface area contributed by atoms with Gasteiger partial charge in [-0.1, -0.05) is 55.7 Å². The first kappa shape index (κ1) is 20.4. The molecule has 2 aromatic rings. The van der Waals surface area contributed by atoms with Crippen molar-refractivity contribution in [3.8, 4) is 0 Å². The number of benzene rings is 2. The number of amides is 1. The number of hydrogen-bond donors (Lipinski definition) is 1. The van der Waals surface area contributed by atoms with E-state index in [4.69, 9.17) is 0 Å². The lowest BCUT2D eigenvalue weighted by atomic mass is 9.81. The summed E-state index contributed by atoms with van der Waals surface area (Å²) in [6.07, 6.45) is 0.691. The van der Waals surface area contributed by atoms with E-state index >= 15 is 0 Å². The molecular formula is C22H23F4NO. The van der Waals surface area contributed by atoms with E-state index in [9.17, 15) is 22.4 Å². The molecule has 1 unspecified atom stereocenters. The number of carbonyl (C=O) groups is 1. The van der Waals surface area contributed by atoms with Crippen LogP contribution in [0.4, 0.5) is 17.6 Å². The summed E-state index contributed by atoms with van der Waals surface area (Å²) < 4.78 is 54.0. The van der Waals surface area contributed by atoms with Crippen LogP contribution in [0.5, 0.6) is 0 Å². The van der Waals surface area contributed by atoms with Crippen molar-refractivity contribution in [3.63, 3.8) is 0 Å². The maximum absolute atomic E-state index is 14.2. The standard InChI is InChI=1S/C22H23F4NO/c23-18-13-7-12-17(22(24,25)26)20(18)21(28)27-19(16-10-5-2-6-11-16)14-15-8-3-1-4-9-15/h1,3-4,7-9,12-13,16,19H,2,5-6,10-11,14H2,(H,27,28). The molecule has 1 atom stereocenters. The molecule has 0 bridgehead atoms. The molecule has 6 heteroatoms. The van der Waals surface area contributed by atoms with Gasteiger partial charge in [0, 0.05) is 6.04 Å². The van der Waals surface area contributed by atoms with Gasteiger partial charge in [-0.3, -0.25) is 4.79 Å². The quantitative estimate of drug-likeness (QED) is 0.643. The summed E-state index contributed by atoms with van der Waals surface area (Å²) in [5, 5.41) is 2.73. The summed E-state index contributed by atoms with van der Waals surface area (Å²) in [4.78, 5) is 12.7. The Balaban J connectivity index is 1.87. The van der Waals surface area contributed by atoms with Crippen LogP contribution in [-0.4, -0.2) is 11.9 Å². The van der Waals surface area contributed by atoms with Crippen molar-refractivity contribution in [3.05, 3.63) is 71.0 Å². The van der Waals surface area contributed by atoms with E-state index < -0.39 is 29.0 Å². The molecule has 1 saturated carbocycles. The van der Waals surface area contributed by atoms with Crippen molar-refractivity contribution in [1.82, 2.24) is 5.32 Å². The molecule has 1 N–H and O–H groups in total. The number of halogens is 4. The molecule has 0 heterocycles. The SMILES string of the molecule is O=C(NC(Cc1ccccc1)C1CCCCC1)c1c(F)cccc1C(F)(F)F. The zero-order chi connectivity index (χ0) is 20.1. The third kappa shape index (κ3) is 4.91. The van der Waals surface area contributed by atoms with Gasteiger partial charge in [0.2, 0.25) is 0 Å². The van der Waals surface area contributed by atoms with Crippen LogP contribution in [-0.2, 0) is 12.6 Å². The fourth-order valence-electron chi connectivity index (χ4n) is 3.97. The Hall–Kier alpha value is -2.37. The minimum atomic E-state index is -4.80. The van der Waals surface area contributed by atoms with Gasteiger partial charge in [-0.25, -0.2) is 4.39 Å². The minimum absolute atomic E-state index is 0.166. The van der Waals surface area contributed by atoms with Gasteiger partial charge in [-0.15, -0.1) is 0 Å². The molecule has 3 rings (SSSR count). The Morgan fingerprint density at radius 3 is 2.32 bits per heavy atom. The van der Waals surface area contributed by atoms with E-state index in [0.29, 0.717) is 6.42 Å². The van der Waals surface area contributed by atoms with Crippen LogP contribution in [0.25, 0.3) is 0 Å². The van der Waals surface area contributed by atoms with Gasteiger partial charge in [-0.2, -0.15) is 13.2 Å². The summed E-state index contributed by atoms with van der Waals surface area (Å²) in [7, 11) is 0. The molecule has 150 valence electrons. The maximum atomic E-state index is 14.2. The number of alkyl halides is 3.